The lowest BCUT2D eigenvalue weighted by Gasteiger charge is -2.29. The molecule has 0 aliphatic carbocycles. The van der Waals surface area contributed by atoms with Crippen LogP contribution >= 0.6 is 0 Å². The van der Waals surface area contributed by atoms with Gasteiger partial charge in [-0.25, -0.2) is 0 Å². The summed E-state index contributed by atoms with van der Waals surface area (Å²) in [6, 6.07) is 9.53. The van der Waals surface area contributed by atoms with E-state index in [9.17, 15) is 21.6 Å². The molecule has 28 heavy (non-hydrogen) atoms. The molecule has 0 atom stereocenters. The quantitative estimate of drug-likeness (QED) is 0.802. The van der Waals surface area contributed by atoms with E-state index in [1.165, 1.54) is 16.4 Å². The molecule has 1 N–H and O–H groups in total. The first kappa shape index (κ1) is 20.6. The van der Waals surface area contributed by atoms with Gasteiger partial charge in [-0.15, -0.1) is 0 Å². The van der Waals surface area contributed by atoms with Crippen LogP contribution in [0.5, 0.6) is 11.5 Å². The highest BCUT2D eigenvalue weighted by atomic mass is 32.2. The molecule has 0 radical (unpaired) electrons. The molecule has 5 nitrogen and oxygen atoms in total. The number of rotatable bonds is 5. The van der Waals surface area contributed by atoms with E-state index in [4.69, 9.17) is 4.74 Å². The zero-order valence-corrected chi connectivity index (χ0v) is 16.3. The monoisotopic (exact) mass is 414 g/mol. The third-order valence-electron chi connectivity index (χ3n) is 4.30. The Morgan fingerprint density at radius 1 is 1.04 bits per heavy atom. The van der Waals surface area contributed by atoms with Crippen LogP contribution in [0.15, 0.2) is 42.5 Å². The van der Waals surface area contributed by atoms with Crippen LogP contribution in [0.25, 0.3) is 0 Å². The summed E-state index contributed by atoms with van der Waals surface area (Å²) in [6.45, 7) is 4.10. The van der Waals surface area contributed by atoms with Crippen LogP contribution in [-0.4, -0.2) is 25.3 Å². The standard InChI is InChI=1S/C19H21F3N2O3S/c1-13(2)23-28(25,26)24-10-9-14-3-6-18(11-15(14)12-24)27-17-7-4-16(5-8-17)19(20,21)22/h3-8,11,13,23H,9-10,12H2,1-2H3. The number of nitrogens with one attached hydrogen (secondary N) is 1. The SMILES string of the molecule is CC(C)NS(=O)(=O)N1CCc2ccc(Oc3ccc(C(F)(F)F)cc3)cc2C1. The van der Waals surface area contributed by atoms with E-state index in [1.54, 1.807) is 26.0 Å². The van der Waals surface area contributed by atoms with Crippen molar-refractivity contribution in [3.8, 4) is 11.5 Å². The minimum Gasteiger partial charge on any atom is -0.457 e. The van der Waals surface area contributed by atoms with Gasteiger partial charge in [0, 0.05) is 19.1 Å². The van der Waals surface area contributed by atoms with Gasteiger partial charge in [0.2, 0.25) is 0 Å². The van der Waals surface area contributed by atoms with Crippen molar-refractivity contribution in [1.29, 1.82) is 0 Å². The smallest absolute Gasteiger partial charge is 0.416 e. The molecule has 0 fully saturated rings. The summed E-state index contributed by atoms with van der Waals surface area (Å²) in [5.74, 6) is 0.712. The molecule has 0 bridgehead atoms. The first-order valence-electron chi connectivity index (χ1n) is 8.79. The predicted molar refractivity (Wildman–Crippen MR) is 99.3 cm³/mol. The van der Waals surface area contributed by atoms with Crippen LogP contribution in [0.1, 0.15) is 30.5 Å². The Labute approximate surface area is 162 Å². The molecule has 3 rings (SSSR count). The number of nitrogens with zero attached hydrogens (tertiary/aromatic N) is 1. The van der Waals surface area contributed by atoms with Crippen LogP contribution in [-0.2, 0) is 29.4 Å². The minimum absolute atomic E-state index is 0.208. The summed E-state index contributed by atoms with van der Waals surface area (Å²) < 4.78 is 72.3. The zero-order valence-electron chi connectivity index (χ0n) is 15.5. The van der Waals surface area contributed by atoms with E-state index in [0.717, 1.165) is 23.3 Å². The van der Waals surface area contributed by atoms with Gasteiger partial charge in [-0.05, 0) is 67.8 Å². The van der Waals surface area contributed by atoms with Gasteiger partial charge < -0.3 is 4.74 Å². The molecule has 1 aliphatic heterocycles. The van der Waals surface area contributed by atoms with Crippen LogP contribution in [0.2, 0.25) is 0 Å². The molecule has 0 saturated carbocycles. The number of alkyl halides is 3. The average molecular weight is 414 g/mol. The maximum Gasteiger partial charge on any atom is 0.416 e. The molecule has 0 amide bonds. The molecule has 0 saturated heterocycles. The van der Waals surface area contributed by atoms with Crippen molar-refractivity contribution < 1.29 is 26.3 Å². The van der Waals surface area contributed by atoms with E-state index < -0.39 is 21.9 Å². The minimum atomic E-state index is -4.40. The molecule has 9 heteroatoms. The Kier molecular flexibility index (Phi) is 5.69. The summed E-state index contributed by atoms with van der Waals surface area (Å²) in [5, 5.41) is 0. The number of halogens is 3. The van der Waals surface area contributed by atoms with Gasteiger partial charge in [-0.2, -0.15) is 30.6 Å². The Hall–Kier alpha value is -2.10. The van der Waals surface area contributed by atoms with E-state index in [-0.39, 0.29) is 18.3 Å². The van der Waals surface area contributed by atoms with Crippen molar-refractivity contribution in [2.45, 2.75) is 39.0 Å². The molecule has 2 aromatic carbocycles. The first-order valence-corrected chi connectivity index (χ1v) is 10.2. The predicted octanol–water partition coefficient (Wildman–Crippen LogP) is 4.10. The van der Waals surface area contributed by atoms with E-state index in [1.807, 2.05) is 6.07 Å². The van der Waals surface area contributed by atoms with E-state index in [0.29, 0.717) is 18.7 Å². The number of benzene rings is 2. The van der Waals surface area contributed by atoms with Crippen LogP contribution in [0, 0.1) is 0 Å². The van der Waals surface area contributed by atoms with Crippen molar-refractivity contribution in [3.63, 3.8) is 0 Å². The highest BCUT2D eigenvalue weighted by molar-refractivity contribution is 7.87. The number of hydrogen-bond donors (Lipinski definition) is 1. The Morgan fingerprint density at radius 2 is 1.68 bits per heavy atom. The Bertz CT molecular complexity index is 942. The summed E-state index contributed by atoms with van der Waals surface area (Å²) in [5.41, 5.74) is 1.09. The number of hydrogen-bond acceptors (Lipinski definition) is 3. The van der Waals surface area contributed by atoms with Crippen molar-refractivity contribution in [3.05, 3.63) is 59.2 Å². The van der Waals surface area contributed by atoms with Gasteiger partial charge in [0.1, 0.15) is 11.5 Å². The maximum atomic E-state index is 12.6. The van der Waals surface area contributed by atoms with Crippen LogP contribution < -0.4 is 9.46 Å². The van der Waals surface area contributed by atoms with E-state index >= 15 is 0 Å². The largest absolute Gasteiger partial charge is 0.457 e. The van der Waals surface area contributed by atoms with Crippen molar-refractivity contribution in [2.24, 2.45) is 0 Å². The third-order valence-corrected chi connectivity index (χ3v) is 6.06. The molecular weight excluding hydrogens is 393 g/mol. The van der Waals surface area contributed by atoms with Gasteiger partial charge in [0.15, 0.2) is 0 Å². The zero-order chi connectivity index (χ0) is 20.5. The second-order valence-corrected chi connectivity index (χ2v) is 8.62. The van der Waals surface area contributed by atoms with E-state index in [2.05, 4.69) is 4.72 Å². The third kappa shape index (κ3) is 4.84. The van der Waals surface area contributed by atoms with Crippen molar-refractivity contribution in [1.82, 2.24) is 9.03 Å². The summed E-state index contributed by atoms with van der Waals surface area (Å²) in [6.07, 6.45) is -3.82. The lowest BCUT2D eigenvalue weighted by Crippen LogP contribution is -2.45. The number of fused-ring (bicyclic) bond motifs is 1. The molecule has 1 aliphatic rings. The lowest BCUT2D eigenvalue weighted by molar-refractivity contribution is -0.137. The fourth-order valence-corrected chi connectivity index (χ4v) is 4.38. The molecule has 152 valence electrons. The van der Waals surface area contributed by atoms with Crippen molar-refractivity contribution >= 4 is 10.2 Å². The van der Waals surface area contributed by atoms with Crippen molar-refractivity contribution in [2.75, 3.05) is 6.54 Å². The van der Waals surface area contributed by atoms with Gasteiger partial charge in [-0.1, -0.05) is 6.07 Å². The lowest BCUT2D eigenvalue weighted by atomic mass is 10.0. The summed E-state index contributed by atoms with van der Waals surface area (Å²) >= 11 is 0. The molecule has 1 heterocycles. The summed E-state index contributed by atoms with van der Waals surface area (Å²) in [4.78, 5) is 0. The van der Waals surface area contributed by atoms with Gasteiger partial charge in [0.25, 0.3) is 10.2 Å². The fourth-order valence-electron chi connectivity index (χ4n) is 3.00. The molecule has 0 aromatic heterocycles. The van der Waals surface area contributed by atoms with Gasteiger partial charge in [-0.3, -0.25) is 0 Å². The highest BCUT2D eigenvalue weighted by Gasteiger charge is 2.30. The first-order chi connectivity index (χ1) is 13.0. The average Bonchev–Trinajstić information content (AvgIpc) is 2.60. The maximum absolute atomic E-state index is 12.6. The van der Waals surface area contributed by atoms with Crippen LogP contribution in [0.3, 0.4) is 0 Å². The highest BCUT2D eigenvalue weighted by Crippen LogP contribution is 2.32. The number of ether oxygens (including phenoxy) is 1. The molecular formula is C19H21F3N2O3S. The normalized spacial score (nSPS) is 15.5. The topological polar surface area (TPSA) is 58.6 Å². The summed E-state index contributed by atoms with van der Waals surface area (Å²) in [7, 11) is -3.58. The second-order valence-electron chi connectivity index (χ2n) is 6.92. The fraction of sp³-hybridized carbons (Fsp3) is 0.368. The molecule has 0 unspecified atom stereocenters. The van der Waals surface area contributed by atoms with Gasteiger partial charge >= 0.3 is 6.18 Å². The Morgan fingerprint density at radius 3 is 2.29 bits per heavy atom. The van der Waals surface area contributed by atoms with Gasteiger partial charge in [0.05, 0.1) is 5.56 Å². The Balaban J connectivity index is 1.76. The molecule has 2 aromatic rings. The van der Waals surface area contributed by atoms with Crippen LogP contribution in [0.4, 0.5) is 13.2 Å². The molecule has 0 spiro atoms. The second kappa shape index (κ2) is 7.73.